The zero-order valence-electron chi connectivity index (χ0n) is 14.7. The summed E-state index contributed by atoms with van der Waals surface area (Å²) in [4.78, 5) is 8.22. The molecule has 1 aliphatic rings. The van der Waals surface area contributed by atoms with Crippen LogP contribution in [0.5, 0.6) is 5.75 Å². The predicted molar refractivity (Wildman–Crippen MR) is 107 cm³/mol. The maximum absolute atomic E-state index is 15.4. The summed E-state index contributed by atoms with van der Waals surface area (Å²) in [6.07, 6.45) is 6.21. The van der Waals surface area contributed by atoms with Gasteiger partial charge in [0, 0.05) is 15.6 Å². The van der Waals surface area contributed by atoms with E-state index in [-0.39, 0.29) is 0 Å². The summed E-state index contributed by atoms with van der Waals surface area (Å²) in [5.41, 5.74) is 8.32. The molecule has 1 heterocycles. The number of nitrogens with zero attached hydrogens (tertiary/aromatic N) is 2. The fourth-order valence-electron chi connectivity index (χ4n) is 3.17. The lowest BCUT2D eigenvalue weighted by Crippen LogP contribution is -2.12. The van der Waals surface area contributed by atoms with Crippen molar-refractivity contribution in [1.29, 1.82) is 0 Å². The summed E-state index contributed by atoms with van der Waals surface area (Å²) < 4.78 is 22.3. The lowest BCUT2D eigenvalue weighted by atomic mass is 9.79. The van der Waals surface area contributed by atoms with Gasteiger partial charge in [-0.05, 0) is 42.5 Å². The second-order valence-corrected chi connectivity index (χ2v) is 7.63. The zero-order chi connectivity index (χ0) is 18.8. The van der Waals surface area contributed by atoms with Crippen LogP contribution >= 0.6 is 15.9 Å². The van der Waals surface area contributed by atoms with Crippen LogP contribution in [0.25, 0.3) is 11.3 Å². The molecule has 4 rings (SSSR count). The Morgan fingerprint density at radius 2 is 1.85 bits per heavy atom. The molecule has 1 aliphatic carbocycles. The van der Waals surface area contributed by atoms with Gasteiger partial charge in [-0.1, -0.05) is 40.5 Å². The average Bonchev–Trinajstić information content (AvgIpc) is 2.62. The number of anilines is 1. The second-order valence-electron chi connectivity index (χ2n) is 6.71. The summed E-state index contributed by atoms with van der Waals surface area (Å²) in [6.45, 7) is 0.306. The minimum absolute atomic E-state index is 0.303. The first-order valence-electron chi connectivity index (χ1n) is 8.89. The predicted octanol–water partition coefficient (Wildman–Crippen LogP) is 5.47. The molecule has 6 heteroatoms. The number of halogens is 2. The molecule has 0 saturated heterocycles. The summed E-state index contributed by atoms with van der Waals surface area (Å²) in [6, 6.07) is 11.5. The Labute approximate surface area is 165 Å². The normalized spacial score (nSPS) is 14.0. The molecule has 3 aromatic rings. The Morgan fingerprint density at radius 3 is 2.48 bits per heavy atom. The number of nitrogens with two attached hydrogens (primary N) is 1. The minimum Gasteiger partial charge on any atom is -0.486 e. The quantitative estimate of drug-likeness (QED) is 0.585. The van der Waals surface area contributed by atoms with Gasteiger partial charge >= 0.3 is 0 Å². The molecular weight excluding hydrogens is 409 g/mol. The van der Waals surface area contributed by atoms with Gasteiger partial charge in [-0.15, -0.1) is 0 Å². The van der Waals surface area contributed by atoms with Gasteiger partial charge in [0.1, 0.15) is 12.4 Å². The number of hydrogen-bond acceptors (Lipinski definition) is 4. The van der Waals surface area contributed by atoms with E-state index in [9.17, 15) is 0 Å². The molecule has 138 valence electrons. The fraction of sp³-hybridized carbons (Fsp3) is 0.238. The number of hydrogen-bond donors (Lipinski definition) is 1. The van der Waals surface area contributed by atoms with E-state index in [1.54, 1.807) is 6.07 Å². The highest BCUT2D eigenvalue weighted by atomic mass is 79.9. The molecule has 1 fully saturated rings. The van der Waals surface area contributed by atoms with Crippen molar-refractivity contribution in [1.82, 2.24) is 9.97 Å². The highest BCUT2D eigenvalue weighted by Crippen LogP contribution is 2.44. The molecule has 4 nitrogen and oxygen atoms in total. The van der Waals surface area contributed by atoms with Crippen LogP contribution in [0.2, 0.25) is 0 Å². The smallest absolute Gasteiger partial charge is 0.174 e. The van der Waals surface area contributed by atoms with Gasteiger partial charge < -0.3 is 10.5 Å². The molecule has 0 aliphatic heterocycles. The lowest BCUT2D eigenvalue weighted by Gasteiger charge is -2.28. The summed E-state index contributed by atoms with van der Waals surface area (Å²) in [7, 11) is 0. The van der Waals surface area contributed by atoms with Crippen LogP contribution in [0.4, 0.5) is 10.2 Å². The van der Waals surface area contributed by atoms with Crippen LogP contribution in [0.3, 0.4) is 0 Å². The zero-order valence-corrected chi connectivity index (χ0v) is 16.2. The Hall–Kier alpha value is -2.47. The van der Waals surface area contributed by atoms with Gasteiger partial charge in [-0.2, -0.15) is 0 Å². The largest absolute Gasteiger partial charge is 0.486 e. The summed E-state index contributed by atoms with van der Waals surface area (Å²) in [5.74, 6) is 0.581. The third-order valence-corrected chi connectivity index (χ3v) is 5.45. The number of aromatic nitrogens is 2. The molecule has 0 amide bonds. The standard InChI is InChI=1S/C21H19BrFN3O/c22-15-6-4-13(5-7-15)12-27-21-16(14-2-1-3-14)8-9-17(20(21)23)18-10-26-19(24)11-25-18/h4-11,14H,1-3,12H2,(H2,24,26). The van der Waals surface area contributed by atoms with E-state index >= 15 is 4.39 Å². The molecule has 1 saturated carbocycles. The first-order chi connectivity index (χ1) is 13.1. The van der Waals surface area contributed by atoms with Crippen molar-refractivity contribution in [2.75, 3.05) is 5.73 Å². The average molecular weight is 428 g/mol. The Balaban J connectivity index is 1.68. The van der Waals surface area contributed by atoms with Gasteiger partial charge in [0.2, 0.25) is 0 Å². The highest BCUT2D eigenvalue weighted by molar-refractivity contribution is 9.10. The first kappa shape index (κ1) is 17.9. The Kier molecular flexibility index (Phi) is 5.07. The van der Waals surface area contributed by atoms with Crippen molar-refractivity contribution >= 4 is 21.7 Å². The molecular formula is C21H19BrFN3O. The van der Waals surface area contributed by atoms with Crippen LogP contribution in [0, 0.1) is 5.82 Å². The van der Waals surface area contributed by atoms with Crippen LogP contribution in [-0.4, -0.2) is 9.97 Å². The van der Waals surface area contributed by atoms with Crippen molar-refractivity contribution in [3.8, 4) is 17.0 Å². The van der Waals surface area contributed by atoms with Crippen molar-refractivity contribution in [2.24, 2.45) is 0 Å². The van der Waals surface area contributed by atoms with E-state index in [2.05, 4.69) is 25.9 Å². The summed E-state index contributed by atoms with van der Waals surface area (Å²) >= 11 is 3.42. The highest BCUT2D eigenvalue weighted by Gasteiger charge is 2.27. The van der Waals surface area contributed by atoms with E-state index in [1.165, 1.54) is 18.8 Å². The number of nitrogen functional groups attached to an aromatic ring is 1. The third kappa shape index (κ3) is 3.81. The van der Waals surface area contributed by atoms with Gasteiger partial charge in [-0.25, -0.2) is 9.37 Å². The van der Waals surface area contributed by atoms with E-state index in [0.717, 1.165) is 28.4 Å². The van der Waals surface area contributed by atoms with Gasteiger partial charge in [0.05, 0.1) is 18.1 Å². The van der Waals surface area contributed by atoms with Crippen molar-refractivity contribution in [3.05, 3.63) is 70.2 Å². The van der Waals surface area contributed by atoms with E-state index in [0.29, 0.717) is 35.3 Å². The SMILES string of the molecule is Nc1cnc(-c2ccc(C3CCC3)c(OCc3ccc(Br)cc3)c2F)cn1. The number of rotatable bonds is 5. The lowest BCUT2D eigenvalue weighted by molar-refractivity contribution is 0.278. The van der Waals surface area contributed by atoms with Gasteiger partial charge in [0.25, 0.3) is 0 Å². The molecule has 1 aromatic heterocycles. The number of benzene rings is 2. The van der Waals surface area contributed by atoms with Crippen molar-refractivity contribution in [3.63, 3.8) is 0 Å². The topological polar surface area (TPSA) is 61.0 Å². The van der Waals surface area contributed by atoms with Gasteiger partial charge in [0.15, 0.2) is 11.6 Å². The first-order valence-corrected chi connectivity index (χ1v) is 9.68. The van der Waals surface area contributed by atoms with E-state index in [1.807, 2.05) is 30.3 Å². The van der Waals surface area contributed by atoms with E-state index < -0.39 is 5.82 Å². The van der Waals surface area contributed by atoms with Crippen molar-refractivity contribution < 1.29 is 9.13 Å². The maximum atomic E-state index is 15.4. The molecule has 27 heavy (non-hydrogen) atoms. The van der Waals surface area contributed by atoms with Crippen LogP contribution in [0.15, 0.2) is 53.3 Å². The molecule has 2 aromatic carbocycles. The van der Waals surface area contributed by atoms with Crippen LogP contribution in [0.1, 0.15) is 36.3 Å². The molecule has 2 N–H and O–H groups in total. The monoisotopic (exact) mass is 427 g/mol. The molecule has 0 bridgehead atoms. The van der Waals surface area contributed by atoms with E-state index in [4.69, 9.17) is 10.5 Å². The second kappa shape index (κ2) is 7.64. The van der Waals surface area contributed by atoms with Crippen LogP contribution in [-0.2, 0) is 6.61 Å². The fourth-order valence-corrected chi connectivity index (χ4v) is 3.43. The Morgan fingerprint density at radius 1 is 1.07 bits per heavy atom. The minimum atomic E-state index is -0.393. The van der Waals surface area contributed by atoms with Crippen LogP contribution < -0.4 is 10.5 Å². The molecule has 0 unspecified atom stereocenters. The number of ether oxygens (including phenoxy) is 1. The van der Waals surface area contributed by atoms with Gasteiger partial charge in [-0.3, -0.25) is 4.98 Å². The third-order valence-electron chi connectivity index (χ3n) is 4.92. The molecule has 0 radical (unpaired) electrons. The maximum Gasteiger partial charge on any atom is 0.174 e. The molecule has 0 atom stereocenters. The summed E-state index contributed by atoms with van der Waals surface area (Å²) in [5, 5.41) is 0. The Bertz CT molecular complexity index is 941. The van der Waals surface area contributed by atoms with Crippen molar-refractivity contribution in [2.45, 2.75) is 31.8 Å². The molecule has 0 spiro atoms.